The fourth-order valence-electron chi connectivity index (χ4n) is 2.78. The highest BCUT2D eigenvalue weighted by atomic mass is 16.4. The smallest absolute Gasteiger partial charge is 0.335 e. The monoisotopic (exact) mass is 267 g/mol. The zero-order valence-electron chi connectivity index (χ0n) is 11.2. The minimum absolute atomic E-state index is 0.346. The number of carboxylic acids is 1. The molecule has 102 valence electrons. The van der Waals surface area contributed by atoms with E-state index in [1.54, 1.807) is 18.2 Å². The Labute approximate surface area is 118 Å². The minimum Gasteiger partial charge on any atom is -0.478 e. The van der Waals surface area contributed by atoms with E-state index >= 15 is 0 Å². The first-order chi connectivity index (χ1) is 9.72. The van der Waals surface area contributed by atoms with Crippen molar-refractivity contribution < 1.29 is 9.90 Å². The molecule has 0 fully saturated rings. The number of carboxylic acid groups (broad SMARTS) is 1. The van der Waals surface area contributed by atoms with Crippen molar-refractivity contribution in [2.45, 2.75) is 25.4 Å². The maximum Gasteiger partial charge on any atom is 0.335 e. The lowest BCUT2D eigenvalue weighted by Gasteiger charge is -2.12. The van der Waals surface area contributed by atoms with Crippen LogP contribution in [0.4, 0.5) is 0 Å². The quantitative estimate of drug-likeness (QED) is 0.895. The third kappa shape index (κ3) is 2.73. The molecule has 1 aliphatic rings. The predicted molar refractivity (Wildman–Crippen MR) is 77.9 cm³/mol. The van der Waals surface area contributed by atoms with Crippen LogP contribution in [-0.2, 0) is 19.4 Å². The first kappa shape index (κ1) is 12.9. The average Bonchev–Trinajstić information content (AvgIpc) is 2.88. The highest BCUT2D eigenvalue weighted by Gasteiger charge is 2.20. The topological polar surface area (TPSA) is 49.3 Å². The van der Waals surface area contributed by atoms with Gasteiger partial charge < -0.3 is 10.4 Å². The third-order valence-corrected chi connectivity index (χ3v) is 3.82. The second-order valence-electron chi connectivity index (χ2n) is 5.26. The van der Waals surface area contributed by atoms with Crippen molar-refractivity contribution in [3.63, 3.8) is 0 Å². The number of hydrogen-bond acceptors (Lipinski definition) is 2. The van der Waals surface area contributed by atoms with E-state index in [0.29, 0.717) is 18.2 Å². The van der Waals surface area contributed by atoms with Crippen LogP contribution < -0.4 is 5.32 Å². The van der Waals surface area contributed by atoms with E-state index in [1.807, 2.05) is 6.07 Å². The van der Waals surface area contributed by atoms with Crippen molar-refractivity contribution in [1.82, 2.24) is 5.32 Å². The van der Waals surface area contributed by atoms with E-state index in [0.717, 1.165) is 18.4 Å². The molecule has 1 aliphatic carbocycles. The Kier molecular flexibility index (Phi) is 3.52. The fourth-order valence-corrected chi connectivity index (χ4v) is 2.78. The van der Waals surface area contributed by atoms with Gasteiger partial charge in [-0.1, -0.05) is 36.4 Å². The van der Waals surface area contributed by atoms with E-state index in [1.165, 1.54) is 11.1 Å². The molecule has 3 rings (SSSR count). The first-order valence-corrected chi connectivity index (χ1v) is 6.85. The summed E-state index contributed by atoms with van der Waals surface area (Å²) in [6, 6.07) is 16.1. The number of hydrogen-bond donors (Lipinski definition) is 2. The van der Waals surface area contributed by atoms with Gasteiger partial charge in [0.1, 0.15) is 0 Å². The zero-order valence-corrected chi connectivity index (χ0v) is 11.2. The van der Waals surface area contributed by atoms with E-state index < -0.39 is 5.97 Å². The number of fused-ring (bicyclic) bond motifs is 1. The molecule has 0 saturated heterocycles. The second kappa shape index (κ2) is 5.47. The van der Waals surface area contributed by atoms with Crippen molar-refractivity contribution in [3.8, 4) is 0 Å². The molecule has 0 aromatic heterocycles. The lowest BCUT2D eigenvalue weighted by molar-refractivity contribution is 0.0696. The molecule has 0 saturated carbocycles. The van der Waals surface area contributed by atoms with Gasteiger partial charge in [0.2, 0.25) is 0 Å². The predicted octanol–water partition coefficient (Wildman–Crippen LogP) is 2.64. The number of nitrogens with one attached hydrogen (secondary N) is 1. The summed E-state index contributed by atoms with van der Waals surface area (Å²) in [5, 5.41) is 12.5. The van der Waals surface area contributed by atoms with Crippen molar-refractivity contribution in [1.29, 1.82) is 0 Å². The number of carbonyl (C=O) groups is 1. The summed E-state index contributed by atoms with van der Waals surface area (Å²) in [5.74, 6) is -0.875. The Morgan fingerprint density at radius 3 is 2.45 bits per heavy atom. The summed E-state index contributed by atoms with van der Waals surface area (Å²) >= 11 is 0. The molecule has 2 N–H and O–H groups in total. The van der Waals surface area contributed by atoms with Gasteiger partial charge in [0.05, 0.1) is 5.56 Å². The van der Waals surface area contributed by atoms with Gasteiger partial charge in [0, 0.05) is 12.6 Å². The standard InChI is InChI=1S/C17H17NO2/c19-17(20)15-7-3-4-12(8-15)11-18-16-9-13-5-1-2-6-14(13)10-16/h1-8,16,18H,9-11H2,(H,19,20). The molecule has 0 radical (unpaired) electrons. The lowest BCUT2D eigenvalue weighted by Crippen LogP contribution is -2.29. The van der Waals surface area contributed by atoms with E-state index in [4.69, 9.17) is 5.11 Å². The van der Waals surface area contributed by atoms with Crippen LogP contribution in [0.25, 0.3) is 0 Å². The van der Waals surface area contributed by atoms with Crippen LogP contribution in [0, 0.1) is 0 Å². The maximum absolute atomic E-state index is 10.9. The average molecular weight is 267 g/mol. The Bertz CT molecular complexity index is 611. The molecular formula is C17H17NO2. The SMILES string of the molecule is O=C(O)c1cccc(CNC2Cc3ccccc3C2)c1. The summed E-state index contributed by atoms with van der Waals surface area (Å²) < 4.78 is 0. The van der Waals surface area contributed by atoms with Crippen molar-refractivity contribution in [2.24, 2.45) is 0 Å². The summed E-state index contributed by atoms with van der Waals surface area (Å²) in [4.78, 5) is 10.9. The van der Waals surface area contributed by atoms with E-state index in [9.17, 15) is 4.79 Å². The Morgan fingerprint density at radius 2 is 1.80 bits per heavy atom. The van der Waals surface area contributed by atoms with Crippen LogP contribution in [-0.4, -0.2) is 17.1 Å². The molecule has 2 aromatic carbocycles. The fraction of sp³-hybridized carbons (Fsp3) is 0.235. The lowest BCUT2D eigenvalue weighted by atomic mass is 10.1. The Balaban J connectivity index is 1.61. The molecule has 0 bridgehead atoms. The molecule has 3 nitrogen and oxygen atoms in total. The Hall–Kier alpha value is -2.13. The molecule has 0 unspecified atom stereocenters. The molecule has 3 heteroatoms. The van der Waals surface area contributed by atoms with Crippen molar-refractivity contribution in [3.05, 3.63) is 70.8 Å². The van der Waals surface area contributed by atoms with Gasteiger partial charge in [0.15, 0.2) is 0 Å². The van der Waals surface area contributed by atoms with Gasteiger partial charge in [-0.3, -0.25) is 0 Å². The van der Waals surface area contributed by atoms with Gasteiger partial charge >= 0.3 is 5.97 Å². The molecule has 0 spiro atoms. The van der Waals surface area contributed by atoms with Crippen LogP contribution in [0.5, 0.6) is 0 Å². The van der Waals surface area contributed by atoms with Crippen LogP contribution >= 0.6 is 0 Å². The summed E-state index contributed by atoms with van der Waals surface area (Å²) in [6.45, 7) is 0.708. The zero-order chi connectivity index (χ0) is 13.9. The highest BCUT2D eigenvalue weighted by Crippen LogP contribution is 2.21. The van der Waals surface area contributed by atoms with Gasteiger partial charge in [0.25, 0.3) is 0 Å². The van der Waals surface area contributed by atoms with Crippen molar-refractivity contribution >= 4 is 5.97 Å². The second-order valence-corrected chi connectivity index (χ2v) is 5.26. The van der Waals surface area contributed by atoms with Gasteiger partial charge in [-0.15, -0.1) is 0 Å². The first-order valence-electron chi connectivity index (χ1n) is 6.85. The van der Waals surface area contributed by atoms with Gasteiger partial charge in [-0.05, 0) is 41.7 Å². The summed E-state index contributed by atoms with van der Waals surface area (Å²) in [5.41, 5.74) is 4.20. The number of aromatic carboxylic acids is 1. The minimum atomic E-state index is -0.875. The molecule has 0 aliphatic heterocycles. The summed E-state index contributed by atoms with van der Waals surface area (Å²) in [6.07, 6.45) is 2.10. The largest absolute Gasteiger partial charge is 0.478 e. The molecule has 20 heavy (non-hydrogen) atoms. The van der Waals surface area contributed by atoms with Crippen LogP contribution in [0.15, 0.2) is 48.5 Å². The van der Waals surface area contributed by atoms with Gasteiger partial charge in [-0.2, -0.15) is 0 Å². The van der Waals surface area contributed by atoms with E-state index in [-0.39, 0.29) is 0 Å². The van der Waals surface area contributed by atoms with Crippen LogP contribution in [0.1, 0.15) is 27.0 Å². The Morgan fingerprint density at radius 1 is 1.10 bits per heavy atom. The van der Waals surface area contributed by atoms with Crippen molar-refractivity contribution in [2.75, 3.05) is 0 Å². The van der Waals surface area contributed by atoms with Gasteiger partial charge in [-0.25, -0.2) is 4.79 Å². The third-order valence-electron chi connectivity index (χ3n) is 3.82. The molecule has 0 atom stereocenters. The number of rotatable bonds is 4. The molecule has 2 aromatic rings. The molecule has 0 amide bonds. The highest BCUT2D eigenvalue weighted by molar-refractivity contribution is 5.87. The van der Waals surface area contributed by atoms with Crippen LogP contribution in [0.3, 0.4) is 0 Å². The number of benzene rings is 2. The van der Waals surface area contributed by atoms with Crippen LogP contribution in [0.2, 0.25) is 0 Å². The normalized spacial score (nSPS) is 14.2. The van der Waals surface area contributed by atoms with E-state index in [2.05, 4.69) is 29.6 Å². The maximum atomic E-state index is 10.9. The molecular weight excluding hydrogens is 250 g/mol. The molecule has 0 heterocycles. The summed E-state index contributed by atoms with van der Waals surface area (Å²) in [7, 11) is 0.